The summed E-state index contributed by atoms with van der Waals surface area (Å²) in [6.45, 7) is 0. The number of hydrogen-bond donors (Lipinski definition) is 0. The predicted molar refractivity (Wildman–Crippen MR) is 62.3 cm³/mol. The third-order valence-electron chi connectivity index (χ3n) is 1.76. The van der Waals surface area contributed by atoms with Crippen LogP contribution in [0.5, 0.6) is 0 Å². The molecule has 0 fully saturated rings. The lowest BCUT2D eigenvalue weighted by atomic mass is 10.2. The van der Waals surface area contributed by atoms with Crippen LogP contribution >= 0.6 is 15.9 Å². The Bertz CT molecular complexity index is 384. The summed E-state index contributed by atoms with van der Waals surface area (Å²) in [4.78, 5) is 10.8. The molecule has 0 radical (unpaired) electrons. The molecular weight excluding hydrogens is 256 g/mol. The highest BCUT2D eigenvalue weighted by Crippen LogP contribution is 2.09. The van der Waals surface area contributed by atoms with E-state index in [4.69, 9.17) is 0 Å². The number of esters is 1. The number of benzene rings is 1. The molecule has 1 aromatic carbocycles. The Morgan fingerprint density at radius 3 is 2.67 bits per heavy atom. The van der Waals surface area contributed by atoms with E-state index in [0.717, 1.165) is 10.0 Å². The highest BCUT2D eigenvalue weighted by molar-refractivity contribution is 9.10. The van der Waals surface area contributed by atoms with Crippen molar-refractivity contribution in [2.75, 3.05) is 7.11 Å². The quantitative estimate of drug-likeness (QED) is 0.608. The first-order chi connectivity index (χ1) is 7.22. The highest BCUT2D eigenvalue weighted by Gasteiger charge is 1.95. The summed E-state index contributed by atoms with van der Waals surface area (Å²) in [5.74, 6) is 5.67. The third kappa shape index (κ3) is 4.66. The molecule has 0 aliphatic heterocycles. The van der Waals surface area contributed by atoms with Crippen LogP contribution in [0.15, 0.2) is 28.7 Å². The van der Waals surface area contributed by atoms with Gasteiger partial charge in [0, 0.05) is 16.5 Å². The van der Waals surface area contributed by atoms with Crippen molar-refractivity contribution in [3.05, 3.63) is 34.3 Å². The molecule has 1 aromatic rings. The van der Waals surface area contributed by atoms with Crippen LogP contribution in [0.2, 0.25) is 0 Å². The van der Waals surface area contributed by atoms with Crippen molar-refractivity contribution < 1.29 is 9.53 Å². The molecule has 0 atom stereocenters. The molecule has 0 N–H and O–H groups in total. The Balaban J connectivity index is 2.44. The first-order valence-electron chi connectivity index (χ1n) is 4.53. The minimum Gasteiger partial charge on any atom is -0.469 e. The summed E-state index contributed by atoms with van der Waals surface area (Å²) >= 11 is 3.35. The van der Waals surface area contributed by atoms with Gasteiger partial charge in [0.2, 0.25) is 0 Å². The molecule has 78 valence electrons. The minimum absolute atomic E-state index is 0.222. The fourth-order valence-corrected chi connectivity index (χ4v) is 1.23. The lowest BCUT2D eigenvalue weighted by molar-refractivity contribution is -0.140. The first kappa shape index (κ1) is 11.8. The van der Waals surface area contributed by atoms with Crippen LogP contribution in [0.1, 0.15) is 18.4 Å². The fourth-order valence-electron chi connectivity index (χ4n) is 0.964. The summed E-state index contributed by atoms with van der Waals surface area (Å²) in [7, 11) is 1.38. The second kappa shape index (κ2) is 6.26. The van der Waals surface area contributed by atoms with E-state index >= 15 is 0 Å². The van der Waals surface area contributed by atoms with Gasteiger partial charge in [-0.05, 0) is 24.3 Å². The number of carbonyl (C=O) groups is 1. The number of carbonyl (C=O) groups excluding carboxylic acids is 1. The number of methoxy groups -OCH3 is 1. The highest BCUT2D eigenvalue weighted by atomic mass is 79.9. The minimum atomic E-state index is -0.222. The van der Waals surface area contributed by atoms with Gasteiger partial charge in [0.25, 0.3) is 0 Å². The van der Waals surface area contributed by atoms with E-state index in [1.807, 2.05) is 24.3 Å². The van der Waals surface area contributed by atoms with Crippen LogP contribution in [0.3, 0.4) is 0 Å². The summed E-state index contributed by atoms with van der Waals surface area (Å²) in [6, 6.07) is 7.72. The molecule has 0 bridgehead atoms. The molecule has 0 saturated heterocycles. The molecule has 0 spiro atoms. The van der Waals surface area contributed by atoms with Gasteiger partial charge >= 0.3 is 5.97 Å². The maximum atomic E-state index is 10.8. The SMILES string of the molecule is COC(=O)CCC#Cc1ccc(Br)cc1. The van der Waals surface area contributed by atoms with Crippen molar-refractivity contribution >= 4 is 21.9 Å². The lowest BCUT2D eigenvalue weighted by Gasteiger charge is -1.92. The second-order valence-electron chi connectivity index (χ2n) is 2.88. The standard InChI is InChI=1S/C12H11BrO2/c1-15-12(14)5-3-2-4-10-6-8-11(13)9-7-10/h6-9H,3,5H2,1H3. The Kier molecular flexibility index (Phi) is 4.92. The van der Waals surface area contributed by atoms with Gasteiger partial charge in [-0.2, -0.15) is 0 Å². The monoisotopic (exact) mass is 266 g/mol. The molecule has 0 heterocycles. The maximum Gasteiger partial charge on any atom is 0.306 e. The Hall–Kier alpha value is -1.27. The van der Waals surface area contributed by atoms with Crippen molar-refractivity contribution in [2.45, 2.75) is 12.8 Å². The van der Waals surface area contributed by atoms with Crippen LogP contribution in [-0.4, -0.2) is 13.1 Å². The summed E-state index contributed by atoms with van der Waals surface area (Å²) in [5, 5.41) is 0. The summed E-state index contributed by atoms with van der Waals surface area (Å²) in [5.41, 5.74) is 0.947. The third-order valence-corrected chi connectivity index (χ3v) is 2.29. The molecule has 0 aliphatic rings. The number of halogens is 1. The van der Waals surface area contributed by atoms with E-state index in [-0.39, 0.29) is 5.97 Å². The molecule has 0 aliphatic carbocycles. The van der Waals surface area contributed by atoms with E-state index in [9.17, 15) is 4.79 Å². The second-order valence-corrected chi connectivity index (χ2v) is 3.80. The van der Waals surface area contributed by atoms with E-state index in [1.165, 1.54) is 7.11 Å². The van der Waals surface area contributed by atoms with E-state index in [2.05, 4.69) is 32.5 Å². The zero-order valence-electron chi connectivity index (χ0n) is 8.42. The molecule has 1 rings (SSSR count). The molecule has 0 amide bonds. The Morgan fingerprint density at radius 1 is 1.40 bits per heavy atom. The van der Waals surface area contributed by atoms with Crippen molar-refractivity contribution in [3.8, 4) is 11.8 Å². The predicted octanol–water partition coefficient (Wildman–Crippen LogP) is 2.75. The van der Waals surface area contributed by atoms with Gasteiger partial charge in [0.15, 0.2) is 0 Å². The molecule has 0 saturated carbocycles. The van der Waals surface area contributed by atoms with Crippen molar-refractivity contribution in [2.24, 2.45) is 0 Å². The summed E-state index contributed by atoms with van der Waals surface area (Å²) < 4.78 is 5.54. The van der Waals surface area contributed by atoms with E-state index in [1.54, 1.807) is 0 Å². The van der Waals surface area contributed by atoms with Gasteiger partial charge in [0.05, 0.1) is 13.5 Å². The van der Waals surface area contributed by atoms with Crippen LogP contribution in [0.25, 0.3) is 0 Å². The average Bonchev–Trinajstić information content (AvgIpc) is 2.26. The van der Waals surface area contributed by atoms with E-state index < -0.39 is 0 Å². The molecule has 15 heavy (non-hydrogen) atoms. The van der Waals surface area contributed by atoms with Gasteiger partial charge in [-0.25, -0.2) is 0 Å². The van der Waals surface area contributed by atoms with Crippen LogP contribution in [-0.2, 0) is 9.53 Å². The molecule has 3 heteroatoms. The molecule has 0 aromatic heterocycles. The number of ether oxygens (including phenoxy) is 1. The fraction of sp³-hybridized carbons (Fsp3) is 0.250. The maximum absolute atomic E-state index is 10.8. The topological polar surface area (TPSA) is 26.3 Å². The first-order valence-corrected chi connectivity index (χ1v) is 5.33. The number of rotatable bonds is 2. The Morgan fingerprint density at radius 2 is 2.07 bits per heavy atom. The number of hydrogen-bond acceptors (Lipinski definition) is 2. The van der Waals surface area contributed by atoms with Crippen LogP contribution in [0.4, 0.5) is 0 Å². The van der Waals surface area contributed by atoms with E-state index in [0.29, 0.717) is 12.8 Å². The molecule has 0 unspecified atom stereocenters. The largest absolute Gasteiger partial charge is 0.469 e. The smallest absolute Gasteiger partial charge is 0.306 e. The van der Waals surface area contributed by atoms with Gasteiger partial charge in [-0.3, -0.25) is 4.79 Å². The normalized spacial score (nSPS) is 8.93. The van der Waals surface area contributed by atoms with Crippen molar-refractivity contribution in [1.29, 1.82) is 0 Å². The lowest BCUT2D eigenvalue weighted by Crippen LogP contribution is -1.98. The zero-order valence-corrected chi connectivity index (χ0v) is 10.0. The van der Waals surface area contributed by atoms with Crippen molar-refractivity contribution in [3.63, 3.8) is 0 Å². The van der Waals surface area contributed by atoms with Gasteiger partial charge in [-0.15, -0.1) is 0 Å². The van der Waals surface area contributed by atoms with Crippen LogP contribution < -0.4 is 0 Å². The zero-order chi connectivity index (χ0) is 11.1. The summed E-state index contributed by atoms with van der Waals surface area (Å²) in [6.07, 6.45) is 0.878. The van der Waals surface area contributed by atoms with Gasteiger partial charge in [0.1, 0.15) is 0 Å². The Labute approximate surface area is 97.8 Å². The van der Waals surface area contributed by atoms with Crippen LogP contribution in [0, 0.1) is 11.8 Å². The van der Waals surface area contributed by atoms with Gasteiger partial charge < -0.3 is 4.74 Å². The van der Waals surface area contributed by atoms with Crippen molar-refractivity contribution in [1.82, 2.24) is 0 Å². The average molecular weight is 267 g/mol. The molecular formula is C12H11BrO2. The molecule has 2 nitrogen and oxygen atoms in total. The van der Waals surface area contributed by atoms with Gasteiger partial charge in [-0.1, -0.05) is 27.8 Å².